The second-order valence-electron chi connectivity index (χ2n) is 5.52. The number of nitrogens with two attached hydrogens (primary N) is 1. The van der Waals surface area contributed by atoms with Crippen LogP contribution in [0.4, 0.5) is 0 Å². The van der Waals surface area contributed by atoms with Crippen LogP contribution >= 0.6 is 11.6 Å². The fourth-order valence-corrected chi connectivity index (χ4v) is 2.87. The van der Waals surface area contributed by atoms with Crippen LogP contribution < -0.4 is 5.73 Å². The summed E-state index contributed by atoms with van der Waals surface area (Å²) in [6, 6.07) is 8.05. The Bertz CT molecular complexity index is 483. The number of benzene rings is 1. The Balaban J connectivity index is 2.30. The first-order valence-corrected chi connectivity index (χ1v) is 7.36. The third kappa shape index (κ3) is 2.76. The van der Waals surface area contributed by atoms with E-state index in [0.29, 0.717) is 12.5 Å². The second-order valence-corrected chi connectivity index (χ2v) is 5.96. The summed E-state index contributed by atoms with van der Waals surface area (Å²) in [5.74, 6) is 0.642. The first-order chi connectivity index (χ1) is 9.49. The van der Waals surface area contributed by atoms with Crippen molar-refractivity contribution in [1.29, 1.82) is 0 Å². The predicted octanol–water partition coefficient (Wildman–Crippen LogP) is 2.14. The zero-order chi connectivity index (χ0) is 14.8. The number of rotatable bonds is 5. The van der Waals surface area contributed by atoms with E-state index in [1.54, 1.807) is 0 Å². The number of likely N-dealkylation sites (N-methyl/N-ethyl adjacent to an activating group) is 1. The highest BCUT2D eigenvalue weighted by atomic mass is 35.5. The molecule has 4 nitrogen and oxygen atoms in total. The summed E-state index contributed by atoms with van der Waals surface area (Å²) in [5.41, 5.74) is 7.21. The van der Waals surface area contributed by atoms with E-state index in [9.17, 15) is 0 Å². The zero-order valence-electron chi connectivity index (χ0n) is 12.4. The average Bonchev–Trinajstić information content (AvgIpc) is 2.75. The van der Waals surface area contributed by atoms with E-state index in [0.717, 1.165) is 24.5 Å². The highest BCUT2D eigenvalue weighted by Gasteiger charge is 2.41. The fraction of sp³-hybridized carbons (Fsp3) is 0.533. The largest absolute Gasteiger partial charge is 0.370 e. The Hall–Kier alpha value is -1.26. The molecule has 0 saturated heterocycles. The van der Waals surface area contributed by atoms with E-state index < -0.39 is 0 Å². The molecule has 1 heterocycles. The quantitative estimate of drug-likeness (QED) is 0.905. The third-order valence-electron chi connectivity index (χ3n) is 4.03. The Morgan fingerprint density at radius 3 is 2.55 bits per heavy atom. The summed E-state index contributed by atoms with van der Waals surface area (Å²) in [5, 5.41) is 0.756. The molecule has 0 radical (unpaired) electrons. The molecule has 110 valence electrons. The summed E-state index contributed by atoms with van der Waals surface area (Å²) in [6.45, 7) is 4.72. The lowest BCUT2D eigenvalue weighted by atomic mass is 9.86. The first kappa shape index (κ1) is 15.1. The van der Waals surface area contributed by atoms with Crippen LogP contribution in [-0.4, -0.2) is 49.5 Å². The summed E-state index contributed by atoms with van der Waals surface area (Å²) in [6.07, 6.45) is 0.965. The Morgan fingerprint density at radius 2 is 2.00 bits per heavy atom. The van der Waals surface area contributed by atoms with Crippen molar-refractivity contribution in [3.8, 4) is 0 Å². The van der Waals surface area contributed by atoms with Gasteiger partial charge in [-0.1, -0.05) is 30.7 Å². The monoisotopic (exact) mass is 294 g/mol. The molecule has 0 spiro atoms. The van der Waals surface area contributed by atoms with E-state index in [1.807, 2.05) is 12.1 Å². The maximum absolute atomic E-state index is 6.11. The molecule has 0 aliphatic carbocycles. The van der Waals surface area contributed by atoms with Crippen LogP contribution in [0.25, 0.3) is 0 Å². The molecule has 1 aliphatic heterocycles. The van der Waals surface area contributed by atoms with E-state index in [4.69, 9.17) is 17.3 Å². The molecule has 1 unspecified atom stereocenters. The van der Waals surface area contributed by atoms with Crippen LogP contribution in [0.2, 0.25) is 5.02 Å². The SMILES string of the molecule is CCC1(c2ccc(Cl)cc2)CN=C(N)N1CCN(C)C. The number of aliphatic imine (C=N–C) groups is 1. The van der Waals surface area contributed by atoms with Crippen molar-refractivity contribution in [3.05, 3.63) is 34.9 Å². The van der Waals surface area contributed by atoms with Gasteiger partial charge >= 0.3 is 0 Å². The molecule has 2 N–H and O–H groups in total. The number of hydrogen-bond donors (Lipinski definition) is 1. The highest BCUT2D eigenvalue weighted by molar-refractivity contribution is 6.30. The van der Waals surface area contributed by atoms with Crippen LogP contribution in [0, 0.1) is 0 Å². The minimum absolute atomic E-state index is 0.134. The number of guanidine groups is 1. The van der Waals surface area contributed by atoms with Crippen LogP contribution in [0.5, 0.6) is 0 Å². The molecule has 1 aliphatic rings. The van der Waals surface area contributed by atoms with Gasteiger partial charge in [-0.15, -0.1) is 0 Å². The number of nitrogens with zero attached hydrogens (tertiary/aromatic N) is 3. The first-order valence-electron chi connectivity index (χ1n) is 6.98. The molecule has 5 heteroatoms. The van der Waals surface area contributed by atoms with Gasteiger partial charge in [0.1, 0.15) is 0 Å². The van der Waals surface area contributed by atoms with Gasteiger partial charge in [0.05, 0.1) is 12.1 Å². The van der Waals surface area contributed by atoms with Crippen molar-refractivity contribution in [2.45, 2.75) is 18.9 Å². The minimum atomic E-state index is -0.134. The van der Waals surface area contributed by atoms with E-state index in [2.05, 4.69) is 47.9 Å². The normalized spacial score (nSPS) is 22.4. The molecule has 1 atom stereocenters. The van der Waals surface area contributed by atoms with Gasteiger partial charge in [-0.2, -0.15) is 0 Å². The molecule has 1 aromatic rings. The summed E-state index contributed by atoms with van der Waals surface area (Å²) in [4.78, 5) is 8.88. The minimum Gasteiger partial charge on any atom is -0.370 e. The van der Waals surface area contributed by atoms with Gasteiger partial charge in [-0.05, 0) is 38.2 Å². The summed E-state index contributed by atoms with van der Waals surface area (Å²) in [7, 11) is 4.14. The lowest BCUT2D eigenvalue weighted by Gasteiger charge is -2.39. The maximum Gasteiger partial charge on any atom is 0.192 e. The fourth-order valence-electron chi connectivity index (χ4n) is 2.74. The Labute approximate surface area is 126 Å². The molecule has 0 bridgehead atoms. The maximum atomic E-state index is 6.11. The van der Waals surface area contributed by atoms with E-state index >= 15 is 0 Å². The molecule has 0 saturated carbocycles. The van der Waals surface area contributed by atoms with Crippen molar-refractivity contribution in [2.24, 2.45) is 10.7 Å². The van der Waals surface area contributed by atoms with Crippen molar-refractivity contribution in [2.75, 3.05) is 33.7 Å². The van der Waals surface area contributed by atoms with Gasteiger partial charge in [-0.3, -0.25) is 4.99 Å². The molecule has 2 rings (SSSR count). The van der Waals surface area contributed by atoms with Crippen molar-refractivity contribution >= 4 is 17.6 Å². The van der Waals surface area contributed by atoms with Gasteiger partial charge in [0, 0.05) is 18.1 Å². The second kappa shape index (κ2) is 6.02. The molecular weight excluding hydrogens is 272 g/mol. The Kier molecular flexibility index (Phi) is 4.55. The predicted molar refractivity (Wildman–Crippen MR) is 85.2 cm³/mol. The van der Waals surface area contributed by atoms with Crippen LogP contribution in [0.3, 0.4) is 0 Å². The van der Waals surface area contributed by atoms with Gasteiger partial charge in [-0.25, -0.2) is 0 Å². The lowest BCUT2D eigenvalue weighted by Crippen LogP contribution is -2.51. The van der Waals surface area contributed by atoms with Gasteiger partial charge in [0.2, 0.25) is 0 Å². The highest BCUT2D eigenvalue weighted by Crippen LogP contribution is 2.36. The van der Waals surface area contributed by atoms with Crippen LogP contribution in [-0.2, 0) is 5.54 Å². The molecule has 1 aromatic carbocycles. The third-order valence-corrected chi connectivity index (χ3v) is 4.29. The van der Waals surface area contributed by atoms with Crippen LogP contribution in [0.15, 0.2) is 29.3 Å². The molecule has 0 fully saturated rings. The lowest BCUT2D eigenvalue weighted by molar-refractivity contribution is 0.179. The molecular formula is C15H23ClN4. The van der Waals surface area contributed by atoms with E-state index in [-0.39, 0.29) is 5.54 Å². The zero-order valence-corrected chi connectivity index (χ0v) is 13.2. The summed E-state index contributed by atoms with van der Waals surface area (Å²) >= 11 is 6.00. The molecule has 0 amide bonds. The van der Waals surface area contributed by atoms with Gasteiger partial charge < -0.3 is 15.5 Å². The number of halogens is 1. The standard InChI is InChI=1S/C15H23ClN4/c1-4-15(12-5-7-13(16)8-6-12)11-18-14(17)20(15)10-9-19(2)3/h5-8H,4,9-11H2,1-3H3,(H2,17,18). The van der Waals surface area contributed by atoms with Gasteiger partial charge in [0.15, 0.2) is 5.96 Å². The van der Waals surface area contributed by atoms with Crippen molar-refractivity contribution < 1.29 is 0 Å². The van der Waals surface area contributed by atoms with Crippen molar-refractivity contribution in [1.82, 2.24) is 9.80 Å². The van der Waals surface area contributed by atoms with E-state index in [1.165, 1.54) is 5.56 Å². The molecule has 20 heavy (non-hydrogen) atoms. The summed E-state index contributed by atoms with van der Waals surface area (Å²) < 4.78 is 0. The average molecular weight is 295 g/mol. The smallest absolute Gasteiger partial charge is 0.192 e. The molecule has 0 aromatic heterocycles. The Morgan fingerprint density at radius 1 is 1.35 bits per heavy atom. The number of hydrogen-bond acceptors (Lipinski definition) is 4. The van der Waals surface area contributed by atoms with Gasteiger partial charge in [0.25, 0.3) is 0 Å². The van der Waals surface area contributed by atoms with Crippen LogP contribution in [0.1, 0.15) is 18.9 Å². The van der Waals surface area contributed by atoms with Crippen molar-refractivity contribution in [3.63, 3.8) is 0 Å². The topological polar surface area (TPSA) is 44.9 Å².